The summed E-state index contributed by atoms with van der Waals surface area (Å²) in [5.41, 5.74) is 2.23. The fraction of sp³-hybridized carbons (Fsp3) is 0.429. The molecule has 0 saturated carbocycles. The highest BCUT2D eigenvalue weighted by molar-refractivity contribution is 6.31. The number of nitrogens with zero attached hydrogens (tertiary/aromatic N) is 3. The highest BCUT2D eigenvalue weighted by Crippen LogP contribution is 2.25. The Labute approximate surface area is 118 Å². The van der Waals surface area contributed by atoms with Crippen LogP contribution in [0, 0.1) is 0 Å². The Kier molecular flexibility index (Phi) is 4.93. The van der Waals surface area contributed by atoms with E-state index in [0.29, 0.717) is 0 Å². The van der Waals surface area contributed by atoms with Gasteiger partial charge in [0.25, 0.3) is 0 Å². The first kappa shape index (κ1) is 14.0. The maximum Gasteiger partial charge on any atom is 0.0834 e. The van der Waals surface area contributed by atoms with Gasteiger partial charge in [-0.2, -0.15) is 5.10 Å². The van der Waals surface area contributed by atoms with Crippen molar-refractivity contribution < 1.29 is 0 Å². The smallest absolute Gasteiger partial charge is 0.0834 e. The van der Waals surface area contributed by atoms with Gasteiger partial charge in [-0.05, 0) is 31.5 Å². The third-order valence-electron chi connectivity index (χ3n) is 3.11. The summed E-state index contributed by atoms with van der Waals surface area (Å²) in [5, 5.41) is 8.38. The van der Waals surface area contributed by atoms with Gasteiger partial charge in [0, 0.05) is 18.9 Å². The number of pyridine rings is 1. The SMILES string of the molecule is CCCn1ncc(Cl)c1C(Cc1cccnc1)NC. The van der Waals surface area contributed by atoms with Crippen LogP contribution < -0.4 is 5.32 Å². The number of likely N-dealkylation sites (N-methyl/N-ethyl adjacent to an activating group) is 1. The molecule has 0 aliphatic carbocycles. The van der Waals surface area contributed by atoms with Crippen LogP contribution in [0.25, 0.3) is 0 Å². The molecule has 2 aromatic heterocycles. The van der Waals surface area contributed by atoms with Gasteiger partial charge in [-0.15, -0.1) is 0 Å². The number of aromatic nitrogens is 3. The molecule has 0 fully saturated rings. The zero-order valence-electron chi connectivity index (χ0n) is 11.3. The van der Waals surface area contributed by atoms with Crippen LogP contribution in [0.15, 0.2) is 30.7 Å². The first-order valence-corrected chi connectivity index (χ1v) is 6.91. The minimum atomic E-state index is 0.144. The first-order chi connectivity index (χ1) is 9.26. The van der Waals surface area contributed by atoms with Crippen LogP contribution in [0.3, 0.4) is 0 Å². The Morgan fingerprint density at radius 2 is 2.26 bits per heavy atom. The van der Waals surface area contributed by atoms with Crippen molar-refractivity contribution >= 4 is 11.6 Å². The molecule has 1 atom stereocenters. The molecule has 5 heteroatoms. The minimum absolute atomic E-state index is 0.144. The maximum absolute atomic E-state index is 6.28. The molecule has 2 aromatic rings. The van der Waals surface area contributed by atoms with Gasteiger partial charge >= 0.3 is 0 Å². The number of hydrogen-bond acceptors (Lipinski definition) is 3. The summed E-state index contributed by atoms with van der Waals surface area (Å²) < 4.78 is 1.99. The molecular formula is C14H19ClN4. The van der Waals surface area contributed by atoms with E-state index in [2.05, 4.69) is 28.4 Å². The van der Waals surface area contributed by atoms with Gasteiger partial charge in [0.2, 0.25) is 0 Å². The Bertz CT molecular complexity index is 509. The molecule has 0 radical (unpaired) electrons. The number of hydrogen-bond donors (Lipinski definition) is 1. The Balaban J connectivity index is 2.24. The summed E-state index contributed by atoms with van der Waals surface area (Å²) in [6, 6.07) is 4.17. The molecule has 0 bridgehead atoms. The number of rotatable bonds is 6. The predicted octanol–water partition coefficient (Wildman–Crippen LogP) is 2.84. The summed E-state index contributed by atoms with van der Waals surface area (Å²) in [7, 11) is 1.95. The van der Waals surface area contributed by atoms with Crippen LogP contribution in [-0.2, 0) is 13.0 Å². The van der Waals surface area contributed by atoms with Crippen LogP contribution in [0.1, 0.15) is 30.6 Å². The largest absolute Gasteiger partial charge is 0.311 e. The van der Waals surface area contributed by atoms with Crippen molar-refractivity contribution in [2.45, 2.75) is 32.4 Å². The van der Waals surface area contributed by atoms with Crippen molar-refractivity contribution in [1.29, 1.82) is 0 Å². The molecule has 4 nitrogen and oxygen atoms in total. The van der Waals surface area contributed by atoms with E-state index in [1.165, 1.54) is 5.56 Å². The predicted molar refractivity (Wildman–Crippen MR) is 77.3 cm³/mol. The molecule has 0 spiro atoms. The molecular weight excluding hydrogens is 260 g/mol. The summed E-state index contributed by atoms with van der Waals surface area (Å²) in [6.45, 7) is 3.02. The Morgan fingerprint density at radius 1 is 1.42 bits per heavy atom. The molecule has 0 saturated heterocycles. The van der Waals surface area contributed by atoms with E-state index in [-0.39, 0.29) is 6.04 Å². The molecule has 0 aliphatic rings. The van der Waals surface area contributed by atoms with Crippen LogP contribution >= 0.6 is 11.6 Å². The summed E-state index contributed by atoms with van der Waals surface area (Å²) >= 11 is 6.28. The number of halogens is 1. The molecule has 1 N–H and O–H groups in total. The van der Waals surface area contributed by atoms with Crippen molar-refractivity contribution in [3.8, 4) is 0 Å². The fourth-order valence-electron chi connectivity index (χ4n) is 2.20. The van der Waals surface area contributed by atoms with Gasteiger partial charge in [-0.3, -0.25) is 9.67 Å². The van der Waals surface area contributed by atoms with Crippen LogP contribution in [0.5, 0.6) is 0 Å². The van der Waals surface area contributed by atoms with Crippen molar-refractivity contribution in [2.75, 3.05) is 7.05 Å². The zero-order valence-corrected chi connectivity index (χ0v) is 12.1. The third kappa shape index (κ3) is 3.33. The maximum atomic E-state index is 6.28. The van der Waals surface area contributed by atoms with Gasteiger partial charge in [0.05, 0.1) is 23.0 Å². The fourth-order valence-corrected chi connectivity index (χ4v) is 2.47. The van der Waals surface area contributed by atoms with Crippen molar-refractivity contribution in [3.63, 3.8) is 0 Å². The molecule has 1 unspecified atom stereocenters. The van der Waals surface area contributed by atoms with E-state index in [4.69, 9.17) is 11.6 Å². The minimum Gasteiger partial charge on any atom is -0.311 e. The van der Waals surface area contributed by atoms with Gasteiger partial charge in [-0.25, -0.2) is 0 Å². The Hall–Kier alpha value is -1.39. The van der Waals surface area contributed by atoms with E-state index in [9.17, 15) is 0 Å². The number of nitrogens with one attached hydrogen (secondary N) is 1. The molecule has 2 rings (SSSR count). The zero-order chi connectivity index (χ0) is 13.7. The summed E-state index contributed by atoms with van der Waals surface area (Å²) in [5.74, 6) is 0. The molecule has 0 amide bonds. The van der Waals surface area contributed by atoms with E-state index in [0.717, 1.165) is 30.1 Å². The van der Waals surface area contributed by atoms with E-state index in [1.807, 2.05) is 24.0 Å². The average Bonchev–Trinajstić information content (AvgIpc) is 2.79. The number of aryl methyl sites for hydroxylation is 1. The second kappa shape index (κ2) is 6.68. The molecule has 2 heterocycles. The van der Waals surface area contributed by atoms with Gasteiger partial charge < -0.3 is 5.32 Å². The highest BCUT2D eigenvalue weighted by Gasteiger charge is 2.19. The topological polar surface area (TPSA) is 42.7 Å². The summed E-state index contributed by atoms with van der Waals surface area (Å²) in [6.07, 6.45) is 7.28. The normalized spacial score (nSPS) is 12.6. The van der Waals surface area contributed by atoms with Gasteiger partial charge in [0.15, 0.2) is 0 Å². The quantitative estimate of drug-likeness (QED) is 0.884. The van der Waals surface area contributed by atoms with Crippen molar-refractivity contribution in [3.05, 3.63) is 47.0 Å². The van der Waals surface area contributed by atoms with Gasteiger partial charge in [-0.1, -0.05) is 24.6 Å². The van der Waals surface area contributed by atoms with E-state index in [1.54, 1.807) is 12.4 Å². The average molecular weight is 279 g/mol. The molecule has 0 aliphatic heterocycles. The van der Waals surface area contributed by atoms with Crippen LogP contribution in [-0.4, -0.2) is 21.8 Å². The van der Waals surface area contributed by atoms with E-state index >= 15 is 0 Å². The lowest BCUT2D eigenvalue weighted by Gasteiger charge is -2.18. The van der Waals surface area contributed by atoms with E-state index < -0.39 is 0 Å². The standard InChI is InChI=1S/C14H19ClN4/c1-3-7-19-14(12(15)10-18-19)13(16-2)8-11-5-4-6-17-9-11/h4-6,9-10,13,16H,3,7-8H2,1-2H3. The Morgan fingerprint density at radius 3 is 2.89 bits per heavy atom. The lowest BCUT2D eigenvalue weighted by molar-refractivity contribution is 0.496. The lowest BCUT2D eigenvalue weighted by atomic mass is 10.0. The van der Waals surface area contributed by atoms with Crippen molar-refractivity contribution in [1.82, 2.24) is 20.1 Å². The molecule has 102 valence electrons. The molecule has 19 heavy (non-hydrogen) atoms. The second-order valence-electron chi connectivity index (χ2n) is 4.51. The lowest BCUT2D eigenvalue weighted by Crippen LogP contribution is -2.23. The van der Waals surface area contributed by atoms with Crippen LogP contribution in [0.2, 0.25) is 5.02 Å². The van der Waals surface area contributed by atoms with Crippen molar-refractivity contribution in [2.24, 2.45) is 0 Å². The third-order valence-corrected chi connectivity index (χ3v) is 3.40. The second-order valence-corrected chi connectivity index (χ2v) is 4.91. The molecule has 0 aromatic carbocycles. The summed E-state index contributed by atoms with van der Waals surface area (Å²) in [4.78, 5) is 4.15. The monoisotopic (exact) mass is 278 g/mol. The first-order valence-electron chi connectivity index (χ1n) is 6.53. The van der Waals surface area contributed by atoms with Crippen LogP contribution in [0.4, 0.5) is 0 Å². The van der Waals surface area contributed by atoms with Gasteiger partial charge in [0.1, 0.15) is 0 Å². The highest BCUT2D eigenvalue weighted by atomic mass is 35.5.